The normalized spacial score (nSPS) is 28.2. The number of ether oxygens (including phenoxy) is 1. The third-order valence-electron chi connectivity index (χ3n) is 2.24. The van der Waals surface area contributed by atoms with Gasteiger partial charge in [0.05, 0.1) is 0 Å². The van der Waals surface area contributed by atoms with Crippen LogP contribution in [-0.4, -0.2) is 23.0 Å². The lowest BCUT2D eigenvalue weighted by Gasteiger charge is -2.07. The highest BCUT2D eigenvalue weighted by Gasteiger charge is 2.30. The van der Waals surface area contributed by atoms with Gasteiger partial charge < -0.3 is 9.26 Å². The molecule has 5 heteroatoms. The van der Waals surface area contributed by atoms with Gasteiger partial charge in [0.15, 0.2) is 0 Å². The molecule has 0 aromatic carbocycles. The van der Waals surface area contributed by atoms with Gasteiger partial charge in [0.25, 0.3) is 5.89 Å². The van der Waals surface area contributed by atoms with Crippen molar-refractivity contribution in [3.8, 4) is 0 Å². The van der Waals surface area contributed by atoms with Crippen LogP contribution in [0.5, 0.6) is 0 Å². The van der Waals surface area contributed by atoms with Crippen molar-refractivity contribution in [1.29, 1.82) is 0 Å². The lowest BCUT2D eigenvalue weighted by Crippen LogP contribution is -2.03. The van der Waals surface area contributed by atoms with Crippen molar-refractivity contribution >= 4 is 11.8 Å². The quantitative estimate of drug-likeness (QED) is 0.682. The van der Waals surface area contributed by atoms with E-state index in [4.69, 9.17) is 9.26 Å². The first-order chi connectivity index (χ1) is 6.31. The maximum atomic E-state index is 5.50. The van der Waals surface area contributed by atoms with E-state index in [9.17, 15) is 0 Å². The molecular weight excluding hydrogens is 188 g/mol. The van der Waals surface area contributed by atoms with Crippen molar-refractivity contribution < 1.29 is 9.26 Å². The van der Waals surface area contributed by atoms with Crippen molar-refractivity contribution in [1.82, 2.24) is 10.1 Å². The monoisotopic (exact) mass is 200 g/mol. The minimum atomic E-state index is 0.00778. The first-order valence-corrected chi connectivity index (χ1v) is 5.53. The average molecular weight is 200 g/mol. The van der Waals surface area contributed by atoms with Gasteiger partial charge in [-0.1, -0.05) is 23.8 Å². The molecule has 1 saturated heterocycles. The second-order valence-electron chi connectivity index (χ2n) is 3.18. The fourth-order valence-electron chi connectivity index (χ4n) is 1.43. The highest BCUT2D eigenvalue weighted by molar-refractivity contribution is 7.98. The fraction of sp³-hybridized carbons (Fsp3) is 0.750. The molecule has 1 aromatic rings. The summed E-state index contributed by atoms with van der Waals surface area (Å²) in [6, 6.07) is 0. The summed E-state index contributed by atoms with van der Waals surface area (Å²) in [7, 11) is 0. The van der Waals surface area contributed by atoms with E-state index < -0.39 is 0 Å². The summed E-state index contributed by atoms with van der Waals surface area (Å²) in [5.74, 6) is 1.10. The van der Waals surface area contributed by atoms with E-state index in [1.54, 1.807) is 0 Å². The maximum absolute atomic E-state index is 5.50. The van der Waals surface area contributed by atoms with Crippen LogP contribution in [0.3, 0.4) is 0 Å². The molecule has 1 fully saturated rings. The molecule has 2 rings (SSSR count). The van der Waals surface area contributed by atoms with Crippen LogP contribution in [0.1, 0.15) is 25.3 Å². The summed E-state index contributed by atoms with van der Waals surface area (Å²) in [4.78, 5) is 4.22. The molecule has 1 aromatic heterocycles. The van der Waals surface area contributed by atoms with E-state index in [0.29, 0.717) is 17.0 Å². The van der Waals surface area contributed by atoms with Crippen LogP contribution < -0.4 is 0 Å². The molecule has 0 spiro atoms. The van der Waals surface area contributed by atoms with Gasteiger partial charge in [-0.25, -0.2) is 0 Å². The minimum Gasteiger partial charge on any atom is -0.368 e. The van der Waals surface area contributed by atoms with Crippen LogP contribution in [0, 0.1) is 5.92 Å². The Bertz CT molecular complexity index is 289. The van der Waals surface area contributed by atoms with Gasteiger partial charge in [-0.2, -0.15) is 4.98 Å². The Balaban J connectivity index is 2.15. The SMILES string of the molecule is CSc1noc(C2OCCC2C)n1. The summed E-state index contributed by atoms with van der Waals surface area (Å²) in [6.07, 6.45) is 3.00. The van der Waals surface area contributed by atoms with Crippen molar-refractivity contribution in [3.63, 3.8) is 0 Å². The summed E-state index contributed by atoms with van der Waals surface area (Å²) in [5.41, 5.74) is 0. The highest BCUT2D eigenvalue weighted by atomic mass is 32.2. The van der Waals surface area contributed by atoms with Crippen molar-refractivity contribution in [3.05, 3.63) is 5.89 Å². The molecule has 0 saturated carbocycles. The zero-order chi connectivity index (χ0) is 9.26. The Morgan fingerprint density at radius 2 is 2.38 bits per heavy atom. The summed E-state index contributed by atoms with van der Waals surface area (Å²) < 4.78 is 10.6. The standard InChI is InChI=1S/C8H12N2O2S/c1-5-3-4-11-6(5)7-9-8(13-2)10-12-7/h5-6H,3-4H2,1-2H3. The Kier molecular flexibility index (Phi) is 2.55. The number of nitrogens with zero attached hydrogens (tertiary/aromatic N) is 2. The van der Waals surface area contributed by atoms with Crippen LogP contribution in [0.25, 0.3) is 0 Å². The molecule has 2 unspecified atom stereocenters. The Morgan fingerprint density at radius 1 is 1.54 bits per heavy atom. The zero-order valence-corrected chi connectivity index (χ0v) is 8.50. The van der Waals surface area contributed by atoms with Gasteiger partial charge in [0, 0.05) is 6.61 Å². The third-order valence-corrected chi connectivity index (χ3v) is 2.77. The zero-order valence-electron chi connectivity index (χ0n) is 7.69. The fourth-order valence-corrected chi connectivity index (χ4v) is 1.72. The molecule has 1 aliphatic heterocycles. The predicted octanol–water partition coefficient (Wildman–Crippen LogP) is 1.89. The number of hydrogen-bond acceptors (Lipinski definition) is 5. The van der Waals surface area contributed by atoms with E-state index in [0.717, 1.165) is 13.0 Å². The summed E-state index contributed by atoms with van der Waals surface area (Å²) >= 11 is 1.48. The molecule has 2 atom stereocenters. The number of hydrogen-bond donors (Lipinski definition) is 0. The molecule has 13 heavy (non-hydrogen) atoms. The Morgan fingerprint density at radius 3 is 2.92 bits per heavy atom. The Hall–Kier alpha value is -0.550. The van der Waals surface area contributed by atoms with E-state index in [-0.39, 0.29) is 6.10 Å². The van der Waals surface area contributed by atoms with Gasteiger partial charge in [-0.05, 0) is 18.6 Å². The molecule has 0 bridgehead atoms. The maximum Gasteiger partial charge on any atom is 0.256 e. The first-order valence-electron chi connectivity index (χ1n) is 4.30. The molecule has 0 aliphatic carbocycles. The van der Waals surface area contributed by atoms with Crippen LogP contribution in [-0.2, 0) is 4.74 Å². The topological polar surface area (TPSA) is 48.2 Å². The predicted molar refractivity (Wildman–Crippen MR) is 48.6 cm³/mol. The highest BCUT2D eigenvalue weighted by Crippen LogP contribution is 2.33. The number of rotatable bonds is 2. The average Bonchev–Trinajstić information content (AvgIpc) is 2.71. The molecule has 0 radical (unpaired) electrons. The van der Waals surface area contributed by atoms with E-state index >= 15 is 0 Å². The van der Waals surface area contributed by atoms with Gasteiger partial charge in [0.1, 0.15) is 6.10 Å². The van der Waals surface area contributed by atoms with Crippen LogP contribution in [0.15, 0.2) is 9.68 Å². The molecule has 72 valence electrons. The summed E-state index contributed by atoms with van der Waals surface area (Å²) in [5, 5.41) is 4.49. The number of thioether (sulfide) groups is 1. The molecule has 4 nitrogen and oxygen atoms in total. The van der Waals surface area contributed by atoms with Crippen LogP contribution in [0.2, 0.25) is 0 Å². The van der Waals surface area contributed by atoms with E-state index in [1.165, 1.54) is 11.8 Å². The smallest absolute Gasteiger partial charge is 0.256 e. The second kappa shape index (κ2) is 3.67. The van der Waals surface area contributed by atoms with Gasteiger partial charge in [-0.3, -0.25) is 0 Å². The molecule has 1 aliphatic rings. The van der Waals surface area contributed by atoms with Gasteiger partial charge >= 0.3 is 0 Å². The number of aromatic nitrogens is 2. The largest absolute Gasteiger partial charge is 0.368 e. The van der Waals surface area contributed by atoms with Crippen molar-refractivity contribution in [2.75, 3.05) is 12.9 Å². The lowest BCUT2D eigenvalue weighted by molar-refractivity contribution is 0.0661. The van der Waals surface area contributed by atoms with E-state index in [1.807, 2.05) is 6.26 Å². The Labute approximate surface area is 81.0 Å². The third kappa shape index (κ3) is 1.71. The lowest BCUT2D eigenvalue weighted by atomic mass is 10.0. The minimum absolute atomic E-state index is 0.00778. The molecule has 0 amide bonds. The van der Waals surface area contributed by atoms with Crippen molar-refractivity contribution in [2.24, 2.45) is 5.92 Å². The van der Waals surface area contributed by atoms with Gasteiger partial charge in [-0.15, -0.1) is 0 Å². The van der Waals surface area contributed by atoms with Crippen LogP contribution >= 0.6 is 11.8 Å². The second-order valence-corrected chi connectivity index (χ2v) is 3.95. The van der Waals surface area contributed by atoms with E-state index in [2.05, 4.69) is 17.1 Å². The van der Waals surface area contributed by atoms with Crippen molar-refractivity contribution in [2.45, 2.75) is 24.6 Å². The van der Waals surface area contributed by atoms with Crippen LogP contribution in [0.4, 0.5) is 0 Å². The molecular formula is C8H12N2O2S. The summed E-state index contributed by atoms with van der Waals surface area (Å²) in [6.45, 7) is 2.93. The van der Waals surface area contributed by atoms with Gasteiger partial charge in [0.2, 0.25) is 5.16 Å². The molecule has 2 heterocycles. The molecule has 0 N–H and O–H groups in total. The first kappa shape index (κ1) is 9.02.